The van der Waals surface area contributed by atoms with Gasteiger partial charge in [-0.15, -0.1) is 36.2 Å². The Morgan fingerprint density at radius 2 is 1.96 bits per heavy atom. The third-order valence-corrected chi connectivity index (χ3v) is 6.14. The minimum Gasteiger partial charge on any atom is -0.352 e. The fourth-order valence-electron chi connectivity index (χ4n) is 3.82. The van der Waals surface area contributed by atoms with Crippen LogP contribution in [-0.2, 0) is 11.3 Å². The maximum atomic E-state index is 12.5. The standard InChI is InChI=1S/C18H29N5O2S.2ClH/c1-13-3-2-4-14(9-13)20-16(24)11-22-5-7-23(8-6-22)18(25)15-12-26-17(10-19)21-15;;/h12-14H,2-11,19H2,1H3,(H,20,24);2*1H. The minimum atomic E-state index is -0.0405. The summed E-state index contributed by atoms with van der Waals surface area (Å²) < 4.78 is 0. The van der Waals surface area contributed by atoms with Gasteiger partial charge in [-0.3, -0.25) is 14.5 Å². The van der Waals surface area contributed by atoms with Crippen molar-refractivity contribution in [1.29, 1.82) is 0 Å². The molecule has 1 aliphatic carbocycles. The third kappa shape index (κ3) is 6.84. The van der Waals surface area contributed by atoms with Crippen LogP contribution in [0.3, 0.4) is 0 Å². The first-order chi connectivity index (χ1) is 12.5. The summed E-state index contributed by atoms with van der Waals surface area (Å²) in [5.41, 5.74) is 6.04. The molecule has 10 heteroatoms. The van der Waals surface area contributed by atoms with Gasteiger partial charge in [-0.1, -0.05) is 19.8 Å². The van der Waals surface area contributed by atoms with Crippen molar-refractivity contribution < 1.29 is 9.59 Å². The fraction of sp³-hybridized carbons (Fsp3) is 0.722. The average molecular weight is 452 g/mol. The molecule has 1 aromatic heterocycles. The molecule has 160 valence electrons. The molecule has 2 fully saturated rings. The van der Waals surface area contributed by atoms with Crippen LogP contribution >= 0.6 is 36.2 Å². The zero-order valence-corrected chi connectivity index (χ0v) is 18.7. The second kappa shape index (κ2) is 11.9. The summed E-state index contributed by atoms with van der Waals surface area (Å²) in [5, 5.41) is 5.74. The molecule has 2 unspecified atom stereocenters. The maximum absolute atomic E-state index is 12.5. The number of piperazine rings is 1. The van der Waals surface area contributed by atoms with E-state index in [0.29, 0.717) is 56.9 Å². The van der Waals surface area contributed by atoms with Gasteiger partial charge in [-0.2, -0.15) is 0 Å². The first kappa shape index (κ1) is 25.1. The molecule has 3 N–H and O–H groups in total. The van der Waals surface area contributed by atoms with E-state index < -0.39 is 0 Å². The van der Waals surface area contributed by atoms with Gasteiger partial charge in [-0.05, 0) is 18.8 Å². The topological polar surface area (TPSA) is 91.6 Å². The molecule has 2 atom stereocenters. The summed E-state index contributed by atoms with van der Waals surface area (Å²) >= 11 is 1.42. The lowest BCUT2D eigenvalue weighted by Crippen LogP contribution is -2.52. The lowest BCUT2D eigenvalue weighted by atomic mass is 9.87. The van der Waals surface area contributed by atoms with Crippen molar-refractivity contribution in [3.05, 3.63) is 16.1 Å². The molecule has 1 saturated carbocycles. The van der Waals surface area contributed by atoms with E-state index in [9.17, 15) is 9.59 Å². The van der Waals surface area contributed by atoms with Crippen molar-refractivity contribution in [1.82, 2.24) is 20.1 Å². The van der Waals surface area contributed by atoms with Gasteiger partial charge in [-0.25, -0.2) is 4.98 Å². The van der Waals surface area contributed by atoms with E-state index in [1.54, 1.807) is 5.38 Å². The summed E-state index contributed by atoms with van der Waals surface area (Å²) in [7, 11) is 0. The van der Waals surface area contributed by atoms with Crippen molar-refractivity contribution in [3.8, 4) is 0 Å². The zero-order chi connectivity index (χ0) is 18.5. The Balaban J connectivity index is 0.00000196. The molecule has 0 bridgehead atoms. The van der Waals surface area contributed by atoms with Crippen LogP contribution in [-0.4, -0.2) is 65.4 Å². The molecular formula is C18H31Cl2N5O2S. The molecule has 7 nitrogen and oxygen atoms in total. The van der Waals surface area contributed by atoms with Gasteiger partial charge >= 0.3 is 0 Å². The highest BCUT2D eigenvalue weighted by molar-refractivity contribution is 7.09. The number of rotatable bonds is 5. The monoisotopic (exact) mass is 451 g/mol. The molecule has 0 aromatic carbocycles. The van der Waals surface area contributed by atoms with E-state index >= 15 is 0 Å². The highest BCUT2D eigenvalue weighted by atomic mass is 35.5. The van der Waals surface area contributed by atoms with Crippen molar-refractivity contribution in [3.63, 3.8) is 0 Å². The van der Waals surface area contributed by atoms with Gasteiger partial charge in [0.25, 0.3) is 5.91 Å². The van der Waals surface area contributed by atoms with Crippen LogP contribution in [0.5, 0.6) is 0 Å². The van der Waals surface area contributed by atoms with Gasteiger partial charge in [0.2, 0.25) is 5.91 Å². The van der Waals surface area contributed by atoms with Crippen LogP contribution in [0.15, 0.2) is 5.38 Å². The smallest absolute Gasteiger partial charge is 0.273 e. The van der Waals surface area contributed by atoms with Gasteiger partial charge in [0, 0.05) is 44.1 Å². The van der Waals surface area contributed by atoms with Crippen LogP contribution < -0.4 is 11.1 Å². The Morgan fingerprint density at radius 3 is 2.57 bits per heavy atom. The second-order valence-corrected chi connectivity index (χ2v) is 8.38. The number of hydrogen-bond donors (Lipinski definition) is 2. The van der Waals surface area contributed by atoms with Crippen LogP contribution in [0, 0.1) is 5.92 Å². The first-order valence-electron chi connectivity index (χ1n) is 9.50. The number of nitrogens with one attached hydrogen (secondary N) is 1. The Morgan fingerprint density at radius 1 is 1.25 bits per heavy atom. The fourth-order valence-corrected chi connectivity index (χ4v) is 4.46. The number of carbonyl (C=O) groups excluding carboxylic acids is 2. The number of aromatic nitrogens is 1. The van der Waals surface area contributed by atoms with E-state index in [0.717, 1.165) is 17.8 Å². The maximum Gasteiger partial charge on any atom is 0.273 e. The number of thiazole rings is 1. The van der Waals surface area contributed by atoms with Crippen molar-refractivity contribution >= 4 is 48.0 Å². The highest BCUT2D eigenvalue weighted by Crippen LogP contribution is 2.23. The lowest BCUT2D eigenvalue weighted by molar-refractivity contribution is -0.123. The minimum absolute atomic E-state index is 0. The molecule has 1 aromatic rings. The Kier molecular flexibility index (Phi) is 10.7. The molecule has 0 radical (unpaired) electrons. The van der Waals surface area contributed by atoms with Crippen LogP contribution in [0.4, 0.5) is 0 Å². The van der Waals surface area contributed by atoms with Crippen LogP contribution in [0.1, 0.15) is 48.1 Å². The highest BCUT2D eigenvalue weighted by Gasteiger charge is 2.26. The van der Waals surface area contributed by atoms with E-state index in [1.165, 1.54) is 24.2 Å². The van der Waals surface area contributed by atoms with Crippen molar-refractivity contribution in [2.24, 2.45) is 11.7 Å². The molecule has 2 amide bonds. The van der Waals surface area contributed by atoms with Crippen molar-refractivity contribution in [2.45, 2.75) is 45.2 Å². The SMILES string of the molecule is CC1CCCC(NC(=O)CN2CCN(C(=O)c3csc(CN)n3)CC2)C1.Cl.Cl. The largest absolute Gasteiger partial charge is 0.352 e. The molecular weight excluding hydrogens is 421 g/mol. The normalized spacial score (nSPS) is 22.7. The second-order valence-electron chi connectivity index (χ2n) is 7.44. The van der Waals surface area contributed by atoms with E-state index in [4.69, 9.17) is 5.73 Å². The predicted octanol–water partition coefficient (Wildman–Crippen LogP) is 1.90. The Bertz CT molecular complexity index is 637. The van der Waals surface area contributed by atoms with E-state index in [-0.39, 0.29) is 36.6 Å². The quantitative estimate of drug-likeness (QED) is 0.712. The van der Waals surface area contributed by atoms with Gasteiger partial charge in [0.05, 0.1) is 6.54 Å². The number of nitrogens with two attached hydrogens (primary N) is 1. The summed E-state index contributed by atoms with van der Waals surface area (Å²) in [4.78, 5) is 33.0. The third-order valence-electron chi connectivity index (χ3n) is 5.27. The predicted molar refractivity (Wildman–Crippen MR) is 116 cm³/mol. The lowest BCUT2D eigenvalue weighted by Gasteiger charge is -2.34. The number of hydrogen-bond acceptors (Lipinski definition) is 6. The number of carbonyl (C=O) groups is 2. The summed E-state index contributed by atoms with van der Waals surface area (Å²) in [6.07, 6.45) is 4.66. The average Bonchev–Trinajstić information content (AvgIpc) is 3.11. The van der Waals surface area contributed by atoms with Crippen molar-refractivity contribution in [2.75, 3.05) is 32.7 Å². The number of nitrogens with zero attached hydrogens (tertiary/aromatic N) is 3. The molecule has 2 aliphatic rings. The Labute approximate surface area is 183 Å². The van der Waals surface area contributed by atoms with E-state index in [2.05, 4.69) is 22.1 Å². The van der Waals surface area contributed by atoms with Gasteiger partial charge in [0.1, 0.15) is 10.7 Å². The van der Waals surface area contributed by atoms with Gasteiger partial charge < -0.3 is 16.0 Å². The first-order valence-corrected chi connectivity index (χ1v) is 10.4. The zero-order valence-electron chi connectivity index (χ0n) is 16.3. The van der Waals surface area contributed by atoms with E-state index in [1.807, 2.05) is 4.90 Å². The molecule has 28 heavy (non-hydrogen) atoms. The summed E-state index contributed by atoms with van der Waals surface area (Å²) in [5.74, 6) is 0.770. The number of halogens is 2. The van der Waals surface area contributed by atoms with Gasteiger partial charge in [0.15, 0.2) is 0 Å². The molecule has 3 rings (SSSR count). The summed E-state index contributed by atoms with van der Waals surface area (Å²) in [6, 6.07) is 0.329. The molecule has 2 heterocycles. The summed E-state index contributed by atoms with van der Waals surface area (Å²) in [6.45, 7) is 5.72. The van der Waals surface area contributed by atoms with Crippen LogP contribution in [0.2, 0.25) is 0 Å². The Hall–Kier alpha value is -0.930. The molecule has 1 saturated heterocycles. The molecule has 0 spiro atoms. The van der Waals surface area contributed by atoms with Crippen LogP contribution in [0.25, 0.3) is 0 Å². The number of amides is 2. The molecule has 1 aliphatic heterocycles.